The number of hydrogen-bond donors (Lipinski definition) is 0. The van der Waals surface area contributed by atoms with Crippen LogP contribution >= 0.6 is 0 Å². The van der Waals surface area contributed by atoms with Crippen molar-refractivity contribution < 1.29 is 4.74 Å². The first kappa shape index (κ1) is 15.9. The van der Waals surface area contributed by atoms with Gasteiger partial charge < -0.3 is 4.74 Å². The molecule has 3 rings (SSSR count). The normalized spacial score (nSPS) is 18.4. The Morgan fingerprint density at radius 1 is 1.22 bits per heavy atom. The number of aryl methyl sites for hydroxylation is 1. The molecule has 1 saturated heterocycles. The first-order valence-corrected chi connectivity index (χ1v) is 8.53. The van der Waals surface area contributed by atoms with Crippen LogP contribution in [0.2, 0.25) is 0 Å². The second kappa shape index (κ2) is 7.55. The molecule has 0 spiro atoms. The van der Waals surface area contributed by atoms with Gasteiger partial charge in [0.25, 0.3) is 0 Å². The lowest BCUT2D eigenvalue weighted by Crippen LogP contribution is -2.25. The Morgan fingerprint density at radius 2 is 2.04 bits per heavy atom. The largest absolute Gasteiger partial charge is 0.494 e. The van der Waals surface area contributed by atoms with Crippen LogP contribution in [0.1, 0.15) is 50.5 Å². The van der Waals surface area contributed by atoms with Crippen LogP contribution in [0.3, 0.4) is 0 Å². The summed E-state index contributed by atoms with van der Waals surface area (Å²) in [6.07, 6.45) is 3.44. The minimum Gasteiger partial charge on any atom is -0.494 e. The molecule has 1 aliphatic heterocycles. The van der Waals surface area contributed by atoms with Crippen molar-refractivity contribution in [3.05, 3.63) is 35.7 Å². The Bertz CT molecular complexity index is 610. The van der Waals surface area contributed by atoms with Crippen LogP contribution in [0.4, 0.5) is 0 Å². The van der Waals surface area contributed by atoms with Gasteiger partial charge in [0.15, 0.2) is 5.82 Å². The van der Waals surface area contributed by atoms with Gasteiger partial charge >= 0.3 is 0 Å². The second-order valence-electron chi connectivity index (χ2n) is 5.95. The van der Waals surface area contributed by atoms with E-state index in [1.807, 2.05) is 11.6 Å². The van der Waals surface area contributed by atoms with E-state index in [0.717, 1.165) is 37.6 Å². The first-order chi connectivity index (χ1) is 11.3. The lowest BCUT2D eigenvalue weighted by atomic mass is 10.0. The summed E-state index contributed by atoms with van der Waals surface area (Å²) in [6.45, 7) is 7.64. The number of aromatic nitrogens is 4. The molecule has 0 saturated carbocycles. The summed E-state index contributed by atoms with van der Waals surface area (Å²) in [4.78, 5) is 2.48. The van der Waals surface area contributed by atoms with Crippen LogP contribution in [0.15, 0.2) is 24.3 Å². The predicted octanol–water partition coefficient (Wildman–Crippen LogP) is 2.82. The molecule has 124 valence electrons. The van der Waals surface area contributed by atoms with E-state index >= 15 is 0 Å². The molecule has 1 atom stereocenters. The second-order valence-corrected chi connectivity index (χ2v) is 5.95. The maximum Gasteiger partial charge on any atom is 0.165 e. The van der Waals surface area contributed by atoms with Gasteiger partial charge in [-0.2, -0.15) is 0 Å². The fourth-order valence-electron chi connectivity index (χ4n) is 3.25. The summed E-state index contributed by atoms with van der Waals surface area (Å²) in [5.74, 6) is 1.90. The van der Waals surface area contributed by atoms with E-state index in [2.05, 4.69) is 51.6 Å². The highest BCUT2D eigenvalue weighted by Gasteiger charge is 2.27. The van der Waals surface area contributed by atoms with Gasteiger partial charge in [0.1, 0.15) is 5.75 Å². The number of rotatable bonds is 7. The molecule has 1 aliphatic rings. The van der Waals surface area contributed by atoms with Crippen LogP contribution in [0, 0.1) is 0 Å². The lowest BCUT2D eigenvalue weighted by Gasteiger charge is -2.24. The van der Waals surface area contributed by atoms with Crippen molar-refractivity contribution in [1.82, 2.24) is 25.1 Å². The summed E-state index contributed by atoms with van der Waals surface area (Å²) in [5, 5.41) is 12.1. The monoisotopic (exact) mass is 315 g/mol. The van der Waals surface area contributed by atoms with Gasteiger partial charge in [-0.3, -0.25) is 4.90 Å². The van der Waals surface area contributed by atoms with Crippen LogP contribution in [0.25, 0.3) is 0 Å². The number of benzene rings is 1. The fourth-order valence-corrected chi connectivity index (χ4v) is 3.25. The third-order valence-corrected chi connectivity index (χ3v) is 4.33. The number of hydrogen-bond acceptors (Lipinski definition) is 5. The Morgan fingerprint density at radius 3 is 2.78 bits per heavy atom. The van der Waals surface area contributed by atoms with Gasteiger partial charge in [0, 0.05) is 12.6 Å². The highest BCUT2D eigenvalue weighted by Crippen LogP contribution is 2.33. The predicted molar refractivity (Wildman–Crippen MR) is 88.1 cm³/mol. The van der Waals surface area contributed by atoms with Gasteiger partial charge in [-0.15, -0.1) is 5.10 Å². The Hall–Kier alpha value is -1.95. The molecule has 6 heteroatoms. The van der Waals surface area contributed by atoms with E-state index in [9.17, 15) is 0 Å². The third-order valence-electron chi connectivity index (χ3n) is 4.33. The highest BCUT2D eigenvalue weighted by molar-refractivity contribution is 5.29. The van der Waals surface area contributed by atoms with E-state index in [1.165, 1.54) is 18.4 Å². The van der Waals surface area contributed by atoms with Crippen molar-refractivity contribution in [1.29, 1.82) is 0 Å². The smallest absolute Gasteiger partial charge is 0.165 e. The fraction of sp³-hybridized carbons (Fsp3) is 0.588. The van der Waals surface area contributed by atoms with Gasteiger partial charge in [-0.05, 0) is 60.9 Å². The number of tetrazole rings is 1. The van der Waals surface area contributed by atoms with Gasteiger partial charge in [-0.25, -0.2) is 4.68 Å². The molecular weight excluding hydrogens is 290 g/mol. The Labute approximate surface area is 137 Å². The first-order valence-electron chi connectivity index (χ1n) is 8.53. The van der Waals surface area contributed by atoms with Crippen molar-refractivity contribution in [2.45, 2.75) is 52.2 Å². The zero-order valence-electron chi connectivity index (χ0n) is 14.0. The van der Waals surface area contributed by atoms with E-state index < -0.39 is 0 Å². The molecule has 1 aromatic carbocycles. The van der Waals surface area contributed by atoms with E-state index in [-0.39, 0.29) is 0 Å². The summed E-state index contributed by atoms with van der Waals surface area (Å²) in [5.41, 5.74) is 1.35. The molecule has 1 aromatic heterocycles. The number of likely N-dealkylation sites (tertiary alicyclic amines) is 1. The summed E-state index contributed by atoms with van der Waals surface area (Å²) < 4.78 is 7.46. The molecule has 23 heavy (non-hydrogen) atoms. The van der Waals surface area contributed by atoms with Crippen LogP contribution in [-0.4, -0.2) is 38.3 Å². The molecule has 0 radical (unpaired) electrons. The highest BCUT2D eigenvalue weighted by atomic mass is 16.5. The maximum atomic E-state index is 5.53. The zero-order valence-corrected chi connectivity index (χ0v) is 14.0. The molecule has 2 aromatic rings. The molecule has 0 bridgehead atoms. The zero-order chi connectivity index (χ0) is 16.1. The van der Waals surface area contributed by atoms with Crippen molar-refractivity contribution in [3.63, 3.8) is 0 Å². The maximum absolute atomic E-state index is 5.53. The van der Waals surface area contributed by atoms with Crippen molar-refractivity contribution in [3.8, 4) is 5.75 Å². The molecule has 0 N–H and O–H groups in total. The van der Waals surface area contributed by atoms with E-state index in [0.29, 0.717) is 12.6 Å². The summed E-state index contributed by atoms with van der Waals surface area (Å²) >= 11 is 0. The minimum atomic E-state index is 0.442. The summed E-state index contributed by atoms with van der Waals surface area (Å²) in [6, 6.07) is 8.94. The SMILES string of the molecule is CCCn1nnnc1CN1CCC[C@H]1c1ccc(OCC)cc1. The molecular formula is C17H25N5O. The molecule has 0 amide bonds. The third kappa shape index (κ3) is 3.69. The number of ether oxygens (including phenoxy) is 1. The van der Waals surface area contributed by atoms with E-state index in [4.69, 9.17) is 4.74 Å². The standard InChI is InChI=1S/C17H25N5O/c1-3-11-22-17(18-19-20-22)13-21-12-5-6-16(21)14-7-9-15(10-8-14)23-4-2/h7-10,16H,3-6,11-13H2,1-2H3/t16-/m0/s1. The topological polar surface area (TPSA) is 56.1 Å². The quantitative estimate of drug-likeness (QED) is 0.786. The molecule has 6 nitrogen and oxygen atoms in total. The number of nitrogens with zero attached hydrogens (tertiary/aromatic N) is 5. The van der Waals surface area contributed by atoms with Gasteiger partial charge in [0.2, 0.25) is 0 Å². The molecule has 2 heterocycles. The molecule has 0 aliphatic carbocycles. The average molecular weight is 315 g/mol. The Balaban J connectivity index is 1.71. The van der Waals surface area contributed by atoms with Gasteiger partial charge in [-0.1, -0.05) is 19.1 Å². The van der Waals surface area contributed by atoms with Crippen molar-refractivity contribution in [2.24, 2.45) is 0 Å². The average Bonchev–Trinajstić information content (AvgIpc) is 3.19. The lowest BCUT2D eigenvalue weighted by molar-refractivity contribution is 0.237. The van der Waals surface area contributed by atoms with Crippen molar-refractivity contribution >= 4 is 0 Å². The van der Waals surface area contributed by atoms with Crippen LogP contribution in [0.5, 0.6) is 5.75 Å². The van der Waals surface area contributed by atoms with E-state index in [1.54, 1.807) is 0 Å². The van der Waals surface area contributed by atoms with Crippen LogP contribution < -0.4 is 4.74 Å². The Kier molecular flexibility index (Phi) is 5.23. The minimum absolute atomic E-state index is 0.442. The van der Waals surface area contributed by atoms with Crippen LogP contribution in [-0.2, 0) is 13.1 Å². The summed E-state index contributed by atoms with van der Waals surface area (Å²) in [7, 11) is 0. The molecule has 1 fully saturated rings. The van der Waals surface area contributed by atoms with Gasteiger partial charge in [0.05, 0.1) is 13.2 Å². The molecule has 0 unspecified atom stereocenters. The van der Waals surface area contributed by atoms with Crippen molar-refractivity contribution in [2.75, 3.05) is 13.2 Å².